The summed E-state index contributed by atoms with van der Waals surface area (Å²) in [4.78, 5) is 8.56. The molecule has 0 amide bonds. The van der Waals surface area contributed by atoms with Crippen LogP contribution in [0.4, 0.5) is 4.79 Å². The molecule has 11 nitrogen and oxygen atoms in total. The van der Waals surface area contributed by atoms with Crippen LogP contribution in [0.1, 0.15) is 0 Å². The van der Waals surface area contributed by atoms with Crippen molar-refractivity contribution in [1.82, 2.24) is 0 Å². The summed E-state index contributed by atoms with van der Waals surface area (Å²) < 4.78 is 66.9. The average molecular weight is 457 g/mol. The van der Waals surface area contributed by atoms with Gasteiger partial charge in [0.2, 0.25) is 10.4 Å². The van der Waals surface area contributed by atoms with Crippen LogP contribution in [0.5, 0.6) is 0 Å². The maximum Gasteiger partial charge on any atom is 1.00 e. The molecule has 104 valence electrons. The molecule has 0 aliphatic heterocycles. The molecule has 0 aromatic carbocycles. The van der Waals surface area contributed by atoms with Gasteiger partial charge < -0.3 is 48.7 Å². The van der Waals surface area contributed by atoms with Gasteiger partial charge in [-0.05, 0) is 0 Å². The number of rotatable bonds is 0. The average Bonchev–Trinajstić information content (AvgIpc) is 1.45. The zero-order valence-electron chi connectivity index (χ0n) is 11.7. The quantitative estimate of drug-likeness (QED) is 0.176. The van der Waals surface area contributed by atoms with Crippen LogP contribution in [0.15, 0.2) is 0 Å². The van der Waals surface area contributed by atoms with Crippen molar-refractivity contribution in [3.05, 3.63) is 0 Å². The second-order valence-corrected chi connectivity index (χ2v) is 2.79. The molecule has 0 heterocycles. The molecule has 20 heteroatoms. The summed E-state index contributed by atoms with van der Waals surface area (Å²) in [6.07, 6.45) is -1.83. The smallest absolute Gasteiger partial charge is 1.00 e. The van der Waals surface area contributed by atoms with Crippen LogP contribution in [-0.2, 0) is 20.8 Å². The molecule has 0 fully saturated rings. The third kappa shape index (κ3) is 498. The van der Waals surface area contributed by atoms with E-state index in [4.69, 9.17) is 50.1 Å². The van der Waals surface area contributed by atoms with Crippen LogP contribution >= 0.6 is 0 Å². The van der Waals surface area contributed by atoms with Crippen molar-refractivity contribution < 1.29 is 244 Å². The fourth-order valence-corrected chi connectivity index (χ4v) is 0. The predicted octanol–water partition coefficient (Wildman–Crippen LogP) is -23.1. The molecule has 0 spiro atoms. The number of halogens is 2. The molecule has 0 aromatic heterocycles. The Morgan fingerprint density at radius 2 is 0.762 bits per heavy atom. The minimum Gasteiger partial charge on any atom is -1.00 e. The van der Waals surface area contributed by atoms with Crippen LogP contribution in [0.2, 0.25) is 0 Å². The van der Waals surface area contributed by atoms with Crippen LogP contribution < -0.4 is 194 Å². The van der Waals surface area contributed by atoms with E-state index in [1.54, 1.807) is 0 Å². The topological polar surface area (TPSA) is 215 Å². The maximum atomic E-state index is 8.63. The van der Waals surface area contributed by atoms with Gasteiger partial charge >= 0.3 is 176 Å². The van der Waals surface area contributed by atoms with E-state index in [0.717, 1.165) is 0 Å². The fourth-order valence-electron chi connectivity index (χ4n) is 0. The molecule has 0 bridgehead atoms. The Hall–Kier alpha value is 5.23. The predicted molar refractivity (Wildman–Crippen MR) is 33.5 cm³/mol. The summed E-state index contributed by atoms with van der Waals surface area (Å²) in [5.41, 5.74) is 0. The van der Waals surface area contributed by atoms with Gasteiger partial charge in [-0.25, -0.2) is 13.2 Å². The van der Waals surface area contributed by atoms with E-state index in [1.807, 2.05) is 0 Å². The Kier molecular flexibility index (Phi) is 109. The number of hydrogen-bond acceptors (Lipinski definition) is 8. The van der Waals surface area contributed by atoms with E-state index >= 15 is 0 Å². The molecule has 0 atom stereocenters. The number of carboxylic acid groups (broad SMARTS) is 2. The Bertz CT molecular complexity index is 308. The van der Waals surface area contributed by atoms with E-state index in [9.17, 15) is 0 Å². The molecular formula is CH3Cl2KNa4O11S2. The van der Waals surface area contributed by atoms with Gasteiger partial charge in [-0.2, -0.15) is 0 Å². The molecule has 21 heavy (non-hydrogen) atoms. The van der Waals surface area contributed by atoms with Crippen molar-refractivity contribution in [1.29, 1.82) is 0 Å². The summed E-state index contributed by atoms with van der Waals surface area (Å²) in [6, 6.07) is 0. The standard InChI is InChI=1S/CH2O3.2ClH.K.4Na.2H2O4S/c2-1(3)4;;;;;;;;2*1-5(2,3)4/h(H2,2,3,4);2*1H;;;;;;2*(H2,1,2,3,4)/q;;;5*+1;;/p-5. The van der Waals surface area contributed by atoms with E-state index in [1.165, 1.54) is 0 Å². The minimum atomic E-state index is -5.17. The zero-order chi connectivity index (χ0) is 12.6. The molecular weight excluding hydrogens is 454 g/mol. The van der Waals surface area contributed by atoms with Crippen LogP contribution in [-0.4, -0.2) is 51.4 Å². The minimum absolute atomic E-state index is 0. The van der Waals surface area contributed by atoms with Crippen molar-refractivity contribution >= 4 is 27.0 Å². The molecule has 0 unspecified atom stereocenters. The fraction of sp³-hybridized carbons (Fsp3) is 0. The molecule has 0 rings (SSSR count). The molecule has 3 N–H and O–H groups in total. The second-order valence-electron chi connectivity index (χ2n) is 1.12. The monoisotopic (exact) mass is 456 g/mol. The second kappa shape index (κ2) is 36.2. The molecule has 0 aliphatic carbocycles. The zero-order valence-corrected chi connectivity index (χ0v) is 25.9. The third-order valence-corrected chi connectivity index (χ3v) is 0. The van der Waals surface area contributed by atoms with E-state index in [-0.39, 0.29) is 194 Å². The van der Waals surface area contributed by atoms with E-state index < -0.39 is 27.0 Å². The Morgan fingerprint density at radius 1 is 0.762 bits per heavy atom. The van der Waals surface area contributed by atoms with Gasteiger partial charge in [0.15, 0.2) is 0 Å². The van der Waals surface area contributed by atoms with Gasteiger partial charge in [-0.15, -0.1) is 0 Å². The van der Waals surface area contributed by atoms with Crippen molar-refractivity contribution in [2.45, 2.75) is 0 Å². The van der Waals surface area contributed by atoms with Gasteiger partial charge in [-0.1, -0.05) is 0 Å². The first kappa shape index (κ1) is 63.4. The largest absolute Gasteiger partial charge is 1.00 e. The van der Waals surface area contributed by atoms with E-state index in [2.05, 4.69) is 0 Å². The third-order valence-electron chi connectivity index (χ3n) is 0. The summed E-state index contributed by atoms with van der Waals surface area (Å²) in [5, 5.41) is 13.9. The number of hydrogen-bond donors (Lipinski definition) is 3. The normalized spacial score (nSPS) is 6.67. The van der Waals surface area contributed by atoms with Gasteiger partial charge in [0.05, 0.1) is 0 Å². The van der Waals surface area contributed by atoms with Crippen molar-refractivity contribution in [3.63, 3.8) is 0 Å². The first-order chi connectivity index (χ1) is 5.73. The summed E-state index contributed by atoms with van der Waals surface area (Å²) in [6.45, 7) is 0. The van der Waals surface area contributed by atoms with Crippen molar-refractivity contribution in [2.24, 2.45) is 0 Å². The maximum absolute atomic E-state index is 8.63. The summed E-state index contributed by atoms with van der Waals surface area (Å²) >= 11 is 0. The number of carbonyl (C=O) groups is 1. The molecule has 0 saturated carbocycles. The van der Waals surface area contributed by atoms with Crippen LogP contribution in [0.25, 0.3) is 0 Å². The van der Waals surface area contributed by atoms with Crippen molar-refractivity contribution in [3.8, 4) is 0 Å². The Balaban J connectivity index is -0.00000000930. The van der Waals surface area contributed by atoms with Crippen LogP contribution in [0, 0.1) is 0 Å². The van der Waals surface area contributed by atoms with Crippen molar-refractivity contribution in [2.75, 3.05) is 0 Å². The van der Waals surface area contributed by atoms with E-state index in [0.29, 0.717) is 0 Å². The van der Waals surface area contributed by atoms with Gasteiger partial charge in [0, 0.05) is 10.4 Å². The first-order valence-corrected chi connectivity index (χ1v) is 4.70. The van der Waals surface area contributed by atoms with Gasteiger partial charge in [0.25, 0.3) is 0 Å². The molecule has 0 aliphatic rings. The van der Waals surface area contributed by atoms with Crippen LogP contribution in [0.3, 0.4) is 0 Å². The first-order valence-electron chi connectivity index (χ1n) is 2.00. The SMILES string of the molecule is O=C(O)O.O=S(=O)([O-])O.O=S(=O)([O-])[O-].[Cl-].[Cl-].[K+].[Na+].[Na+].[Na+].[Na+]. The molecule has 0 radical (unpaired) electrons. The summed E-state index contributed by atoms with van der Waals surface area (Å²) in [7, 11) is -10.1. The summed E-state index contributed by atoms with van der Waals surface area (Å²) in [5.74, 6) is 0. The Labute approximate surface area is 265 Å². The molecule has 0 aromatic rings. The Morgan fingerprint density at radius 3 is 0.762 bits per heavy atom. The molecule has 0 saturated heterocycles. The van der Waals surface area contributed by atoms with Gasteiger partial charge in [0.1, 0.15) is 0 Å². The van der Waals surface area contributed by atoms with Gasteiger partial charge in [-0.3, -0.25) is 13.0 Å².